The second-order valence-electron chi connectivity index (χ2n) is 11.0. The van der Waals surface area contributed by atoms with Crippen molar-refractivity contribution in [2.75, 3.05) is 10.8 Å². The number of nitrogens with one attached hydrogen (secondary N) is 1. The number of benzene rings is 3. The zero-order chi connectivity index (χ0) is 29.6. The maximum Gasteiger partial charge on any atom is 0.264 e. The summed E-state index contributed by atoms with van der Waals surface area (Å²) in [4.78, 5) is 29.4. The van der Waals surface area contributed by atoms with Gasteiger partial charge in [0.05, 0.1) is 10.6 Å². The van der Waals surface area contributed by atoms with Gasteiger partial charge in [0.15, 0.2) is 0 Å². The van der Waals surface area contributed by atoms with E-state index in [1.165, 1.54) is 16.4 Å². The minimum atomic E-state index is -4.08. The second-order valence-corrected chi connectivity index (χ2v) is 12.9. The smallest absolute Gasteiger partial charge is 0.264 e. The van der Waals surface area contributed by atoms with Crippen molar-refractivity contribution >= 4 is 27.5 Å². The average Bonchev–Trinajstić information content (AvgIpc) is 3.46. The summed E-state index contributed by atoms with van der Waals surface area (Å²) in [7, 11) is -4.08. The molecular weight excluding hydrogens is 534 g/mol. The predicted molar refractivity (Wildman–Crippen MR) is 163 cm³/mol. The zero-order valence-corrected chi connectivity index (χ0v) is 25.3. The number of anilines is 1. The van der Waals surface area contributed by atoms with Gasteiger partial charge in [0.2, 0.25) is 11.8 Å². The molecule has 1 atom stereocenters. The lowest BCUT2D eigenvalue weighted by atomic mass is 10.1. The summed E-state index contributed by atoms with van der Waals surface area (Å²) in [5.74, 6) is -0.623. The van der Waals surface area contributed by atoms with Crippen molar-refractivity contribution in [1.82, 2.24) is 10.2 Å². The molecule has 3 aromatic rings. The number of hydrogen-bond donors (Lipinski definition) is 1. The van der Waals surface area contributed by atoms with E-state index in [1.54, 1.807) is 29.2 Å². The van der Waals surface area contributed by atoms with Crippen LogP contribution in [0.1, 0.15) is 61.3 Å². The molecule has 7 nitrogen and oxygen atoms in total. The first-order chi connectivity index (χ1) is 19.6. The molecule has 1 fully saturated rings. The van der Waals surface area contributed by atoms with Crippen LogP contribution in [0.4, 0.5) is 5.69 Å². The van der Waals surface area contributed by atoms with E-state index in [0.717, 1.165) is 47.9 Å². The third kappa shape index (κ3) is 7.36. The van der Waals surface area contributed by atoms with Crippen molar-refractivity contribution < 1.29 is 18.0 Å². The highest BCUT2D eigenvalue weighted by atomic mass is 32.2. The van der Waals surface area contributed by atoms with Crippen LogP contribution in [0.2, 0.25) is 0 Å². The van der Waals surface area contributed by atoms with Gasteiger partial charge in [0.1, 0.15) is 12.6 Å². The largest absolute Gasteiger partial charge is 0.352 e. The zero-order valence-electron chi connectivity index (χ0n) is 24.5. The Kier molecular flexibility index (Phi) is 9.86. The first kappa shape index (κ1) is 30.3. The van der Waals surface area contributed by atoms with E-state index in [4.69, 9.17) is 0 Å². The molecule has 0 unspecified atom stereocenters. The maximum absolute atomic E-state index is 14.2. The van der Waals surface area contributed by atoms with Crippen LogP contribution in [0.25, 0.3) is 0 Å². The molecule has 2 amide bonds. The van der Waals surface area contributed by atoms with E-state index in [-0.39, 0.29) is 23.4 Å². The molecule has 0 radical (unpaired) electrons. The van der Waals surface area contributed by atoms with Crippen molar-refractivity contribution in [2.45, 2.75) is 83.3 Å². The van der Waals surface area contributed by atoms with Gasteiger partial charge in [-0.25, -0.2) is 8.42 Å². The van der Waals surface area contributed by atoms with Crippen LogP contribution in [0, 0.1) is 20.8 Å². The Hall–Kier alpha value is -3.65. The van der Waals surface area contributed by atoms with Crippen LogP contribution < -0.4 is 9.62 Å². The quantitative estimate of drug-likeness (QED) is 0.319. The lowest BCUT2D eigenvalue weighted by Crippen LogP contribution is -2.53. The van der Waals surface area contributed by atoms with Crippen LogP contribution in [-0.2, 0) is 26.2 Å². The van der Waals surface area contributed by atoms with E-state index in [1.807, 2.05) is 64.1 Å². The van der Waals surface area contributed by atoms with Crippen molar-refractivity contribution in [3.8, 4) is 0 Å². The number of aryl methyl sites for hydroxylation is 3. The van der Waals surface area contributed by atoms with Gasteiger partial charge in [-0.1, -0.05) is 85.5 Å². The van der Waals surface area contributed by atoms with Gasteiger partial charge in [0, 0.05) is 12.6 Å². The number of rotatable bonds is 11. The van der Waals surface area contributed by atoms with Gasteiger partial charge in [-0.3, -0.25) is 13.9 Å². The molecule has 0 aromatic heterocycles. The summed E-state index contributed by atoms with van der Waals surface area (Å²) in [6.45, 7) is 7.43. The molecule has 1 aliphatic rings. The Morgan fingerprint density at radius 1 is 0.902 bits per heavy atom. The topological polar surface area (TPSA) is 86.8 Å². The normalized spacial score (nSPS) is 14.4. The van der Waals surface area contributed by atoms with E-state index in [2.05, 4.69) is 5.32 Å². The number of carbonyl (C=O) groups excluding carboxylic acids is 2. The fourth-order valence-corrected chi connectivity index (χ4v) is 7.00. The third-order valence-electron chi connectivity index (χ3n) is 7.79. The maximum atomic E-state index is 14.2. The summed E-state index contributed by atoms with van der Waals surface area (Å²) in [6, 6.07) is 20.8. The Morgan fingerprint density at radius 3 is 2.15 bits per heavy atom. The molecular formula is C33H41N3O4S. The van der Waals surface area contributed by atoms with Gasteiger partial charge < -0.3 is 10.2 Å². The van der Waals surface area contributed by atoms with Crippen molar-refractivity contribution in [3.05, 3.63) is 95.1 Å². The highest BCUT2D eigenvalue weighted by molar-refractivity contribution is 7.92. The molecule has 4 rings (SSSR count). The lowest BCUT2D eigenvalue weighted by molar-refractivity contribution is -0.140. The Balaban J connectivity index is 1.72. The monoisotopic (exact) mass is 575 g/mol. The van der Waals surface area contributed by atoms with Crippen LogP contribution >= 0.6 is 0 Å². The summed E-state index contributed by atoms with van der Waals surface area (Å²) in [5.41, 5.74) is 4.14. The molecule has 1 saturated carbocycles. The number of carbonyl (C=O) groups is 2. The highest BCUT2D eigenvalue weighted by Gasteiger charge is 2.35. The fraction of sp³-hybridized carbons (Fsp3) is 0.394. The second kappa shape index (κ2) is 13.3. The first-order valence-electron chi connectivity index (χ1n) is 14.4. The fourth-order valence-electron chi connectivity index (χ4n) is 5.50. The van der Waals surface area contributed by atoms with Crippen molar-refractivity contribution in [3.63, 3.8) is 0 Å². The highest BCUT2D eigenvalue weighted by Crippen LogP contribution is 2.28. The van der Waals surface area contributed by atoms with E-state index in [9.17, 15) is 18.0 Å². The molecule has 41 heavy (non-hydrogen) atoms. The lowest BCUT2D eigenvalue weighted by Gasteiger charge is -2.34. The van der Waals surface area contributed by atoms with E-state index in [0.29, 0.717) is 12.1 Å². The molecule has 0 spiro atoms. The van der Waals surface area contributed by atoms with Gasteiger partial charge in [-0.2, -0.15) is 0 Å². The van der Waals surface area contributed by atoms with Gasteiger partial charge >= 0.3 is 0 Å². The molecule has 0 heterocycles. The molecule has 8 heteroatoms. The van der Waals surface area contributed by atoms with Crippen LogP contribution in [0.3, 0.4) is 0 Å². The van der Waals surface area contributed by atoms with Gasteiger partial charge in [-0.15, -0.1) is 0 Å². The van der Waals surface area contributed by atoms with E-state index >= 15 is 0 Å². The van der Waals surface area contributed by atoms with Crippen LogP contribution in [0.5, 0.6) is 0 Å². The average molecular weight is 576 g/mol. The molecule has 0 bridgehead atoms. The number of hydrogen-bond acceptors (Lipinski definition) is 4. The van der Waals surface area contributed by atoms with Crippen LogP contribution in [0.15, 0.2) is 77.7 Å². The summed E-state index contributed by atoms with van der Waals surface area (Å²) < 4.78 is 29.2. The van der Waals surface area contributed by atoms with Crippen molar-refractivity contribution in [2.24, 2.45) is 0 Å². The SMILES string of the molecule is CC[C@H](C(=O)NC1CCCC1)N(Cc1ccc(C)cc1)C(=O)CN(c1ccc(C)cc1C)S(=O)(=O)c1ccccc1. The molecule has 0 aliphatic heterocycles. The molecule has 1 N–H and O–H groups in total. The number of amides is 2. The van der Waals surface area contributed by atoms with E-state index < -0.39 is 28.5 Å². The minimum absolute atomic E-state index is 0.101. The Bertz CT molecular complexity index is 1450. The number of sulfonamides is 1. The molecule has 3 aromatic carbocycles. The summed E-state index contributed by atoms with van der Waals surface area (Å²) in [5, 5.41) is 3.15. The molecule has 1 aliphatic carbocycles. The summed E-state index contributed by atoms with van der Waals surface area (Å²) >= 11 is 0. The minimum Gasteiger partial charge on any atom is -0.352 e. The molecule has 218 valence electrons. The third-order valence-corrected chi connectivity index (χ3v) is 9.57. The standard InChI is InChI=1S/C33H41N3O4S/c1-5-30(33(38)34-28-11-9-10-12-28)35(22-27-18-15-24(2)16-19-27)32(37)23-36(31-20-17-25(3)21-26(31)4)41(39,40)29-13-7-6-8-14-29/h6-8,13-21,28,30H,5,9-12,22-23H2,1-4H3,(H,34,38)/t30-/m1/s1. The predicted octanol–water partition coefficient (Wildman–Crippen LogP) is 5.67. The number of nitrogens with zero attached hydrogens (tertiary/aromatic N) is 2. The van der Waals surface area contributed by atoms with Gasteiger partial charge in [-0.05, 0) is 69.4 Å². The first-order valence-corrected chi connectivity index (χ1v) is 15.8. The van der Waals surface area contributed by atoms with Crippen LogP contribution in [-0.4, -0.2) is 43.8 Å². The van der Waals surface area contributed by atoms with Crippen molar-refractivity contribution in [1.29, 1.82) is 0 Å². The Morgan fingerprint density at radius 2 is 1.54 bits per heavy atom. The summed E-state index contributed by atoms with van der Waals surface area (Å²) in [6.07, 6.45) is 4.44. The Labute approximate surface area is 244 Å². The van der Waals surface area contributed by atoms with Gasteiger partial charge in [0.25, 0.3) is 10.0 Å². The molecule has 0 saturated heterocycles.